The molecule has 118 valence electrons. The van der Waals surface area contributed by atoms with E-state index in [1.165, 1.54) is 16.4 Å². The Hall–Kier alpha value is -0.980. The Bertz CT molecular complexity index is 553. The molecule has 1 rings (SSSR count). The molecule has 1 aromatic rings. The van der Waals surface area contributed by atoms with E-state index in [9.17, 15) is 8.42 Å². The van der Waals surface area contributed by atoms with Crippen molar-refractivity contribution in [1.82, 2.24) is 4.31 Å². The molecule has 0 fully saturated rings. The van der Waals surface area contributed by atoms with Gasteiger partial charge in [0.15, 0.2) is 0 Å². The van der Waals surface area contributed by atoms with Gasteiger partial charge in [-0.3, -0.25) is 0 Å². The van der Waals surface area contributed by atoms with Crippen LogP contribution in [0.5, 0.6) is 0 Å². The first-order valence-corrected chi connectivity index (χ1v) is 8.97. The summed E-state index contributed by atoms with van der Waals surface area (Å²) in [6.07, 6.45) is 0. The molecule has 0 atom stereocenters. The van der Waals surface area contributed by atoms with E-state index >= 15 is 0 Å². The molecule has 0 unspecified atom stereocenters. The zero-order valence-electron chi connectivity index (χ0n) is 12.2. The van der Waals surface area contributed by atoms with Gasteiger partial charge >= 0.3 is 0 Å². The van der Waals surface area contributed by atoms with Crippen LogP contribution in [0.4, 0.5) is 0 Å². The lowest BCUT2D eigenvalue weighted by Gasteiger charge is -2.21. The first-order valence-electron chi connectivity index (χ1n) is 6.71. The second-order valence-electron chi connectivity index (χ2n) is 4.03. The number of rotatable bonds is 10. The minimum Gasteiger partial charge on any atom is -0.380 e. The molecule has 0 aromatic carbocycles. The quantitative estimate of drug-likeness (QED) is 0.609. The van der Waals surface area contributed by atoms with Crippen molar-refractivity contribution in [3.8, 4) is 6.07 Å². The SMILES string of the molecule is CCOCCN(CCOCC)S(=O)(=O)c1ccc(C#N)s1. The van der Waals surface area contributed by atoms with E-state index in [1.54, 1.807) is 0 Å². The van der Waals surface area contributed by atoms with Gasteiger partial charge in [-0.05, 0) is 26.0 Å². The van der Waals surface area contributed by atoms with Crippen LogP contribution in [-0.2, 0) is 19.5 Å². The van der Waals surface area contributed by atoms with Crippen LogP contribution in [0.25, 0.3) is 0 Å². The monoisotopic (exact) mass is 332 g/mol. The summed E-state index contributed by atoms with van der Waals surface area (Å²) >= 11 is 0.974. The van der Waals surface area contributed by atoms with Crippen LogP contribution < -0.4 is 0 Å². The Morgan fingerprint density at radius 1 is 1.19 bits per heavy atom. The number of ether oxygens (including phenoxy) is 2. The van der Waals surface area contributed by atoms with Gasteiger partial charge < -0.3 is 9.47 Å². The smallest absolute Gasteiger partial charge is 0.252 e. The normalized spacial score (nSPS) is 11.7. The summed E-state index contributed by atoms with van der Waals surface area (Å²) in [5, 5.41) is 8.81. The van der Waals surface area contributed by atoms with E-state index in [2.05, 4.69) is 0 Å². The molecular formula is C13H20N2O4S2. The molecule has 0 N–H and O–H groups in total. The van der Waals surface area contributed by atoms with Crippen molar-refractivity contribution >= 4 is 21.4 Å². The van der Waals surface area contributed by atoms with Gasteiger partial charge in [0.2, 0.25) is 0 Å². The Morgan fingerprint density at radius 3 is 2.19 bits per heavy atom. The van der Waals surface area contributed by atoms with Gasteiger partial charge in [0, 0.05) is 26.3 Å². The van der Waals surface area contributed by atoms with Gasteiger partial charge in [-0.2, -0.15) is 9.57 Å². The topological polar surface area (TPSA) is 79.6 Å². The number of thiophene rings is 1. The number of hydrogen-bond donors (Lipinski definition) is 0. The minimum atomic E-state index is -3.61. The lowest BCUT2D eigenvalue weighted by atomic mass is 10.5. The Morgan fingerprint density at radius 2 is 1.76 bits per heavy atom. The highest BCUT2D eigenvalue weighted by atomic mass is 32.2. The maximum absolute atomic E-state index is 12.6. The van der Waals surface area contributed by atoms with Crippen molar-refractivity contribution in [3.05, 3.63) is 17.0 Å². The maximum Gasteiger partial charge on any atom is 0.252 e. The first-order chi connectivity index (χ1) is 10.1. The molecule has 1 aromatic heterocycles. The molecule has 0 aliphatic carbocycles. The first kappa shape index (κ1) is 18.1. The van der Waals surface area contributed by atoms with Gasteiger partial charge in [0.25, 0.3) is 10.0 Å². The van der Waals surface area contributed by atoms with Crippen LogP contribution in [0.3, 0.4) is 0 Å². The Balaban J connectivity index is 2.85. The van der Waals surface area contributed by atoms with Gasteiger partial charge in [-0.15, -0.1) is 11.3 Å². The van der Waals surface area contributed by atoms with E-state index in [0.717, 1.165) is 11.3 Å². The summed E-state index contributed by atoms with van der Waals surface area (Å²) in [5.74, 6) is 0. The van der Waals surface area contributed by atoms with Crippen molar-refractivity contribution in [2.75, 3.05) is 39.5 Å². The number of hydrogen-bond acceptors (Lipinski definition) is 6. The summed E-state index contributed by atoms with van der Waals surface area (Å²) < 4.78 is 37.1. The van der Waals surface area contributed by atoms with Crippen LogP contribution >= 0.6 is 11.3 Å². The highest BCUT2D eigenvalue weighted by Crippen LogP contribution is 2.24. The van der Waals surface area contributed by atoms with Crippen LogP contribution in [0.2, 0.25) is 0 Å². The number of nitrogens with zero attached hydrogens (tertiary/aromatic N) is 2. The summed E-state index contributed by atoms with van der Waals surface area (Å²) in [5.41, 5.74) is 0. The van der Waals surface area contributed by atoms with E-state index in [-0.39, 0.29) is 17.3 Å². The fourth-order valence-electron chi connectivity index (χ4n) is 1.62. The molecule has 0 bridgehead atoms. The Labute approximate surface area is 129 Å². The predicted molar refractivity (Wildman–Crippen MR) is 80.8 cm³/mol. The van der Waals surface area contributed by atoms with Crippen LogP contribution in [0.1, 0.15) is 18.7 Å². The highest BCUT2D eigenvalue weighted by Gasteiger charge is 2.25. The van der Waals surface area contributed by atoms with Crippen LogP contribution in [0.15, 0.2) is 16.3 Å². The third-order valence-electron chi connectivity index (χ3n) is 2.66. The molecule has 1 heterocycles. The number of nitriles is 1. The summed E-state index contributed by atoms with van der Waals surface area (Å²) in [6.45, 7) is 5.99. The zero-order chi connectivity index (χ0) is 15.7. The molecule has 0 aliphatic rings. The van der Waals surface area contributed by atoms with E-state index in [4.69, 9.17) is 14.7 Å². The molecule has 0 saturated heterocycles. The largest absolute Gasteiger partial charge is 0.380 e. The lowest BCUT2D eigenvalue weighted by Crippen LogP contribution is -2.36. The molecule has 6 nitrogen and oxygen atoms in total. The van der Waals surface area contributed by atoms with Crippen molar-refractivity contribution in [1.29, 1.82) is 5.26 Å². The van der Waals surface area contributed by atoms with Crippen LogP contribution in [-0.4, -0.2) is 52.2 Å². The van der Waals surface area contributed by atoms with E-state index < -0.39 is 10.0 Å². The standard InChI is InChI=1S/C13H20N2O4S2/c1-3-18-9-7-15(8-10-19-4-2)21(16,17)13-6-5-12(11-14)20-13/h5-6H,3-4,7-10H2,1-2H3. The summed E-state index contributed by atoms with van der Waals surface area (Å²) in [4.78, 5) is 0.378. The maximum atomic E-state index is 12.6. The predicted octanol–water partition coefficient (Wildman–Crippen LogP) is 1.68. The van der Waals surface area contributed by atoms with Crippen molar-refractivity contribution in [3.63, 3.8) is 0 Å². The van der Waals surface area contributed by atoms with Crippen molar-refractivity contribution < 1.29 is 17.9 Å². The molecular weight excluding hydrogens is 312 g/mol. The van der Waals surface area contributed by atoms with Crippen molar-refractivity contribution in [2.24, 2.45) is 0 Å². The van der Waals surface area contributed by atoms with Gasteiger partial charge in [-0.1, -0.05) is 0 Å². The summed E-state index contributed by atoms with van der Waals surface area (Å²) in [6, 6.07) is 4.93. The highest BCUT2D eigenvalue weighted by molar-refractivity contribution is 7.91. The second kappa shape index (κ2) is 9.12. The summed E-state index contributed by atoms with van der Waals surface area (Å²) in [7, 11) is -3.61. The van der Waals surface area contributed by atoms with Gasteiger partial charge in [0.1, 0.15) is 15.2 Å². The fourth-order valence-corrected chi connectivity index (χ4v) is 4.29. The third kappa shape index (κ3) is 5.37. The van der Waals surface area contributed by atoms with Gasteiger partial charge in [0.05, 0.1) is 13.2 Å². The third-order valence-corrected chi connectivity index (χ3v) is 6.02. The zero-order valence-corrected chi connectivity index (χ0v) is 13.9. The molecule has 0 radical (unpaired) electrons. The van der Waals surface area contributed by atoms with Crippen molar-refractivity contribution in [2.45, 2.75) is 18.1 Å². The number of sulfonamides is 1. The fraction of sp³-hybridized carbons (Fsp3) is 0.615. The minimum absolute atomic E-state index is 0.173. The molecule has 0 aliphatic heterocycles. The Kier molecular flexibility index (Phi) is 7.85. The molecule has 8 heteroatoms. The average molecular weight is 332 g/mol. The second-order valence-corrected chi connectivity index (χ2v) is 7.28. The lowest BCUT2D eigenvalue weighted by molar-refractivity contribution is 0.110. The van der Waals surface area contributed by atoms with Crippen LogP contribution in [0, 0.1) is 11.3 Å². The van der Waals surface area contributed by atoms with E-state index in [1.807, 2.05) is 19.9 Å². The molecule has 21 heavy (non-hydrogen) atoms. The molecule has 0 amide bonds. The molecule has 0 spiro atoms. The van der Waals surface area contributed by atoms with E-state index in [0.29, 0.717) is 31.3 Å². The molecule has 0 saturated carbocycles. The van der Waals surface area contributed by atoms with Gasteiger partial charge in [-0.25, -0.2) is 8.42 Å². The average Bonchev–Trinajstić information content (AvgIpc) is 2.95.